The van der Waals surface area contributed by atoms with Crippen LogP contribution in [0.25, 0.3) is 0 Å². The van der Waals surface area contributed by atoms with E-state index in [0.717, 1.165) is 5.56 Å². The van der Waals surface area contributed by atoms with Crippen molar-refractivity contribution in [2.75, 3.05) is 20.7 Å². The summed E-state index contributed by atoms with van der Waals surface area (Å²) in [6.07, 6.45) is 0.186. The van der Waals surface area contributed by atoms with Crippen LogP contribution >= 0.6 is 23.8 Å². The molecule has 1 aromatic carbocycles. The van der Waals surface area contributed by atoms with Crippen molar-refractivity contribution in [1.29, 1.82) is 0 Å². The van der Waals surface area contributed by atoms with Crippen LogP contribution in [-0.2, 0) is 16.0 Å². The SMILES string of the molecule is CCOC(=O)Cc1ccc(OC(=S)N(C)C)c(Cl)c1. The van der Waals surface area contributed by atoms with E-state index in [4.69, 9.17) is 33.3 Å². The minimum atomic E-state index is -0.281. The molecule has 0 atom stereocenters. The van der Waals surface area contributed by atoms with Gasteiger partial charge in [-0.25, -0.2) is 0 Å². The van der Waals surface area contributed by atoms with Gasteiger partial charge in [-0.2, -0.15) is 0 Å². The van der Waals surface area contributed by atoms with Gasteiger partial charge in [0.15, 0.2) is 0 Å². The third kappa shape index (κ3) is 5.04. The van der Waals surface area contributed by atoms with E-state index >= 15 is 0 Å². The summed E-state index contributed by atoms with van der Waals surface area (Å²) in [6, 6.07) is 5.12. The predicted octanol–water partition coefficient (Wildman–Crippen LogP) is 2.67. The first kappa shape index (κ1) is 15.7. The van der Waals surface area contributed by atoms with E-state index in [1.54, 1.807) is 44.1 Å². The van der Waals surface area contributed by atoms with Crippen molar-refractivity contribution in [2.24, 2.45) is 0 Å². The number of thiocarbonyl (C=S) groups is 1. The summed E-state index contributed by atoms with van der Waals surface area (Å²) in [6.45, 7) is 2.13. The molecular weight excluding hydrogens is 286 g/mol. The van der Waals surface area contributed by atoms with Gasteiger partial charge >= 0.3 is 5.97 Å². The molecule has 0 amide bonds. The molecule has 6 heteroatoms. The lowest BCUT2D eigenvalue weighted by Crippen LogP contribution is -2.25. The van der Waals surface area contributed by atoms with Gasteiger partial charge in [-0.1, -0.05) is 17.7 Å². The molecule has 104 valence electrons. The zero-order valence-corrected chi connectivity index (χ0v) is 12.7. The molecule has 0 aliphatic rings. The lowest BCUT2D eigenvalue weighted by Gasteiger charge is -2.15. The summed E-state index contributed by atoms with van der Waals surface area (Å²) in [7, 11) is 3.57. The first-order chi connectivity index (χ1) is 8.93. The molecule has 0 N–H and O–H groups in total. The number of carbonyl (C=O) groups excluding carboxylic acids is 1. The van der Waals surface area contributed by atoms with E-state index in [0.29, 0.717) is 22.6 Å². The maximum absolute atomic E-state index is 11.4. The number of hydrogen-bond acceptors (Lipinski definition) is 4. The van der Waals surface area contributed by atoms with Crippen LogP contribution in [0, 0.1) is 0 Å². The monoisotopic (exact) mass is 301 g/mol. The Kier molecular flexibility index (Phi) is 6.05. The van der Waals surface area contributed by atoms with Gasteiger partial charge in [0.2, 0.25) is 0 Å². The zero-order chi connectivity index (χ0) is 14.4. The van der Waals surface area contributed by atoms with Crippen LogP contribution in [0.3, 0.4) is 0 Å². The van der Waals surface area contributed by atoms with Gasteiger partial charge in [-0.05, 0) is 36.8 Å². The van der Waals surface area contributed by atoms with Gasteiger partial charge in [-0.15, -0.1) is 0 Å². The standard InChI is InChI=1S/C13H16ClNO3S/c1-4-17-12(16)8-9-5-6-11(10(14)7-9)18-13(19)15(2)3/h5-7H,4,8H2,1-3H3. The molecule has 0 bridgehead atoms. The number of esters is 1. The molecule has 0 aliphatic heterocycles. The Morgan fingerprint density at radius 1 is 1.42 bits per heavy atom. The van der Waals surface area contributed by atoms with Crippen molar-refractivity contribution >= 4 is 35.0 Å². The molecule has 0 aromatic heterocycles. The largest absolute Gasteiger partial charge is 0.466 e. The maximum atomic E-state index is 11.4. The summed E-state index contributed by atoms with van der Waals surface area (Å²) < 4.78 is 10.3. The molecule has 0 unspecified atom stereocenters. The summed E-state index contributed by atoms with van der Waals surface area (Å²) in [5.41, 5.74) is 0.770. The van der Waals surface area contributed by atoms with Crippen LogP contribution in [0.4, 0.5) is 0 Å². The second kappa shape index (κ2) is 7.31. The fraction of sp³-hybridized carbons (Fsp3) is 0.385. The van der Waals surface area contributed by atoms with Crippen LogP contribution in [0.15, 0.2) is 18.2 Å². The van der Waals surface area contributed by atoms with E-state index in [1.165, 1.54) is 0 Å². The number of carbonyl (C=O) groups is 1. The highest BCUT2D eigenvalue weighted by molar-refractivity contribution is 7.80. The fourth-order valence-electron chi connectivity index (χ4n) is 1.30. The Morgan fingerprint density at radius 3 is 2.63 bits per heavy atom. The highest BCUT2D eigenvalue weighted by atomic mass is 35.5. The molecule has 1 aromatic rings. The molecule has 0 saturated carbocycles. The summed E-state index contributed by atoms with van der Waals surface area (Å²) >= 11 is 11.1. The van der Waals surface area contributed by atoms with Crippen LogP contribution in [0.1, 0.15) is 12.5 Å². The zero-order valence-electron chi connectivity index (χ0n) is 11.1. The van der Waals surface area contributed by atoms with E-state index in [1.807, 2.05) is 0 Å². The normalized spacial score (nSPS) is 9.89. The molecule has 1 rings (SSSR count). The van der Waals surface area contributed by atoms with Crippen molar-refractivity contribution in [3.8, 4) is 5.75 Å². The van der Waals surface area contributed by atoms with Crippen LogP contribution in [0.2, 0.25) is 5.02 Å². The van der Waals surface area contributed by atoms with Gasteiger partial charge in [0.1, 0.15) is 5.75 Å². The van der Waals surface area contributed by atoms with Gasteiger partial charge in [0, 0.05) is 14.1 Å². The van der Waals surface area contributed by atoms with E-state index in [-0.39, 0.29) is 12.4 Å². The van der Waals surface area contributed by atoms with Crippen molar-refractivity contribution in [3.05, 3.63) is 28.8 Å². The molecule has 0 radical (unpaired) electrons. The Labute approximate surface area is 123 Å². The Bertz CT molecular complexity index is 477. The summed E-state index contributed by atoms with van der Waals surface area (Å²) in [5, 5.41) is 0.728. The first-order valence-electron chi connectivity index (χ1n) is 5.77. The molecule has 0 heterocycles. The quantitative estimate of drug-likeness (QED) is 0.631. The van der Waals surface area contributed by atoms with Crippen LogP contribution < -0.4 is 4.74 Å². The molecule has 0 saturated heterocycles. The number of benzene rings is 1. The number of ether oxygens (including phenoxy) is 2. The van der Waals surface area contributed by atoms with Gasteiger partial charge < -0.3 is 14.4 Å². The molecular formula is C13H16ClNO3S. The number of hydrogen-bond donors (Lipinski definition) is 0. The maximum Gasteiger partial charge on any atom is 0.310 e. The Morgan fingerprint density at radius 2 is 2.11 bits per heavy atom. The number of nitrogens with zero attached hydrogens (tertiary/aromatic N) is 1. The minimum Gasteiger partial charge on any atom is -0.466 e. The second-order valence-corrected chi connectivity index (χ2v) is 4.77. The first-order valence-corrected chi connectivity index (χ1v) is 6.55. The molecule has 4 nitrogen and oxygen atoms in total. The Balaban J connectivity index is 2.74. The number of rotatable bonds is 4. The van der Waals surface area contributed by atoms with Crippen molar-refractivity contribution in [1.82, 2.24) is 4.90 Å². The molecule has 0 fully saturated rings. The Hall–Kier alpha value is -1.33. The highest BCUT2D eigenvalue weighted by Gasteiger charge is 2.10. The van der Waals surface area contributed by atoms with Gasteiger partial charge in [-0.3, -0.25) is 4.79 Å². The molecule has 0 spiro atoms. The molecule has 19 heavy (non-hydrogen) atoms. The van der Waals surface area contributed by atoms with Crippen molar-refractivity contribution < 1.29 is 14.3 Å². The lowest BCUT2D eigenvalue weighted by molar-refractivity contribution is -0.142. The molecule has 0 aliphatic carbocycles. The van der Waals surface area contributed by atoms with Gasteiger partial charge in [0.05, 0.1) is 18.1 Å². The third-order valence-electron chi connectivity index (χ3n) is 2.21. The van der Waals surface area contributed by atoms with Crippen molar-refractivity contribution in [2.45, 2.75) is 13.3 Å². The van der Waals surface area contributed by atoms with E-state index in [2.05, 4.69) is 0 Å². The average Bonchev–Trinajstić information content (AvgIpc) is 2.32. The summed E-state index contributed by atoms with van der Waals surface area (Å²) in [5.74, 6) is 0.184. The van der Waals surface area contributed by atoms with E-state index in [9.17, 15) is 4.79 Å². The topological polar surface area (TPSA) is 38.8 Å². The van der Waals surface area contributed by atoms with Crippen molar-refractivity contribution in [3.63, 3.8) is 0 Å². The smallest absolute Gasteiger partial charge is 0.310 e. The highest BCUT2D eigenvalue weighted by Crippen LogP contribution is 2.26. The number of halogens is 1. The van der Waals surface area contributed by atoms with E-state index < -0.39 is 0 Å². The summed E-state index contributed by atoms with van der Waals surface area (Å²) in [4.78, 5) is 13.0. The minimum absolute atomic E-state index is 0.186. The average molecular weight is 302 g/mol. The lowest BCUT2D eigenvalue weighted by atomic mass is 10.1. The van der Waals surface area contributed by atoms with Crippen LogP contribution in [-0.4, -0.2) is 36.7 Å². The fourth-order valence-corrected chi connectivity index (χ4v) is 1.63. The van der Waals surface area contributed by atoms with Gasteiger partial charge in [0.25, 0.3) is 5.17 Å². The van der Waals surface area contributed by atoms with Crippen LogP contribution in [0.5, 0.6) is 5.75 Å². The third-order valence-corrected chi connectivity index (χ3v) is 2.96. The predicted molar refractivity (Wildman–Crippen MR) is 78.7 cm³/mol. The second-order valence-electron chi connectivity index (χ2n) is 4.01.